The quantitative estimate of drug-likeness (QED) is 0.762. The lowest BCUT2D eigenvalue weighted by atomic mass is 9.92. The zero-order valence-electron chi connectivity index (χ0n) is 20.0. The van der Waals surface area contributed by atoms with Crippen molar-refractivity contribution in [2.24, 2.45) is 5.92 Å². The van der Waals surface area contributed by atoms with Gasteiger partial charge in [0.25, 0.3) is 5.91 Å². The Morgan fingerprint density at radius 1 is 1.06 bits per heavy atom. The van der Waals surface area contributed by atoms with Crippen LogP contribution >= 0.6 is 0 Å². The van der Waals surface area contributed by atoms with Crippen molar-refractivity contribution < 1.29 is 9.59 Å². The number of anilines is 1. The molecule has 0 radical (unpaired) electrons. The van der Waals surface area contributed by atoms with Crippen LogP contribution in [-0.2, 0) is 11.3 Å². The summed E-state index contributed by atoms with van der Waals surface area (Å²) in [5.74, 6) is 0.238. The maximum absolute atomic E-state index is 13.2. The number of carbonyl (C=O) groups is 2. The van der Waals surface area contributed by atoms with Crippen molar-refractivity contribution in [3.05, 3.63) is 66.2 Å². The molecule has 0 spiro atoms. The highest BCUT2D eigenvalue weighted by Crippen LogP contribution is 2.27. The number of likely N-dealkylation sites (tertiary alicyclic amines) is 1. The van der Waals surface area contributed by atoms with E-state index in [0.717, 1.165) is 31.7 Å². The number of nitrogens with one attached hydrogen (secondary N) is 1. The van der Waals surface area contributed by atoms with Crippen LogP contribution in [0.5, 0.6) is 0 Å². The molecule has 2 aliphatic heterocycles. The van der Waals surface area contributed by atoms with Crippen LogP contribution in [0.25, 0.3) is 0 Å². The predicted octanol–water partition coefficient (Wildman–Crippen LogP) is 3.19. The average molecular weight is 450 g/mol. The number of para-hydroxylation sites is 1. The van der Waals surface area contributed by atoms with Gasteiger partial charge in [0, 0.05) is 39.8 Å². The number of amides is 3. The van der Waals surface area contributed by atoms with Crippen molar-refractivity contribution in [3.63, 3.8) is 0 Å². The molecule has 2 aromatic rings. The number of nitrogens with zero attached hydrogens (tertiary/aromatic N) is 4. The lowest BCUT2D eigenvalue weighted by molar-refractivity contribution is -0.119. The third kappa shape index (κ3) is 4.89. The van der Waals surface area contributed by atoms with Gasteiger partial charge in [-0.1, -0.05) is 55.5 Å². The number of rotatable bonds is 5. The van der Waals surface area contributed by atoms with E-state index < -0.39 is 6.04 Å². The molecule has 0 bridgehead atoms. The molecular formula is C26H35N5O2. The Bertz CT molecular complexity index is 954. The van der Waals surface area contributed by atoms with Crippen molar-refractivity contribution >= 4 is 17.6 Å². The SMILES string of the molecule is CC1CN(Cc2ccccc2)CCC1N(C)C(=O)NC1C(=O)N(c2ccccc2)N(C)C1C. The lowest BCUT2D eigenvalue weighted by Gasteiger charge is -2.41. The maximum Gasteiger partial charge on any atom is 0.318 e. The van der Waals surface area contributed by atoms with Crippen molar-refractivity contribution in [2.45, 2.75) is 44.9 Å². The summed E-state index contributed by atoms with van der Waals surface area (Å²) in [5, 5.41) is 6.57. The molecule has 2 aliphatic rings. The number of piperidine rings is 1. The average Bonchev–Trinajstić information content (AvgIpc) is 3.03. The van der Waals surface area contributed by atoms with Crippen LogP contribution in [-0.4, -0.2) is 72.1 Å². The van der Waals surface area contributed by atoms with E-state index in [-0.39, 0.29) is 24.0 Å². The topological polar surface area (TPSA) is 59.1 Å². The van der Waals surface area contributed by atoms with Gasteiger partial charge in [0.2, 0.25) is 0 Å². The molecule has 3 amide bonds. The van der Waals surface area contributed by atoms with Crippen LogP contribution in [0.1, 0.15) is 25.8 Å². The first-order valence-corrected chi connectivity index (χ1v) is 11.8. The highest BCUT2D eigenvalue weighted by atomic mass is 16.2. The summed E-state index contributed by atoms with van der Waals surface area (Å²) >= 11 is 0. The fourth-order valence-corrected chi connectivity index (χ4v) is 5.12. The highest BCUT2D eigenvalue weighted by Gasteiger charge is 2.44. The first-order valence-electron chi connectivity index (χ1n) is 11.8. The molecule has 0 aliphatic carbocycles. The number of carbonyl (C=O) groups excluding carboxylic acids is 2. The van der Waals surface area contributed by atoms with Gasteiger partial charge in [0.1, 0.15) is 6.04 Å². The highest BCUT2D eigenvalue weighted by molar-refractivity contribution is 6.01. The van der Waals surface area contributed by atoms with Crippen LogP contribution in [0.4, 0.5) is 10.5 Å². The summed E-state index contributed by atoms with van der Waals surface area (Å²) in [4.78, 5) is 30.6. The van der Waals surface area contributed by atoms with Crippen LogP contribution in [0.15, 0.2) is 60.7 Å². The molecular weight excluding hydrogens is 414 g/mol. The zero-order valence-corrected chi connectivity index (χ0v) is 20.0. The van der Waals surface area contributed by atoms with Crippen molar-refractivity contribution in [2.75, 3.05) is 32.2 Å². The zero-order chi connectivity index (χ0) is 23.5. The number of hydrazine groups is 1. The van der Waals surface area contributed by atoms with Gasteiger partial charge in [0.15, 0.2) is 0 Å². The van der Waals surface area contributed by atoms with Gasteiger partial charge in [-0.25, -0.2) is 14.8 Å². The summed E-state index contributed by atoms with van der Waals surface area (Å²) in [5.41, 5.74) is 2.12. The Hall–Kier alpha value is -2.90. The van der Waals surface area contributed by atoms with Crippen LogP contribution in [0.2, 0.25) is 0 Å². The minimum Gasteiger partial charge on any atom is -0.325 e. The van der Waals surface area contributed by atoms with E-state index in [1.165, 1.54) is 5.56 Å². The van der Waals surface area contributed by atoms with Gasteiger partial charge in [-0.05, 0) is 37.0 Å². The lowest BCUT2D eigenvalue weighted by Crippen LogP contribution is -2.56. The molecule has 2 fully saturated rings. The molecule has 7 nitrogen and oxygen atoms in total. The Labute approximate surface area is 196 Å². The van der Waals surface area contributed by atoms with E-state index in [9.17, 15) is 9.59 Å². The number of likely N-dealkylation sites (N-methyl/N-ethyl adjacent to an activating group) is 1. The first-order chi connectivity index (χ1) is 15.9. The second-order valence-electron chi connectivity index (χ2n) is 9.39. The molecule has 2 heterocycles. The predicted molar refractivity (Wildman–Crippen MR) is 131 cm³/mol. The van der Waals surface area contributed by atoms with Crippen LogP contribution in [0.3, 0.4) is 0 Å². The standard InChI is InChI=1S/C26H35N5O2/c1-19-17-30(18-21-11-7-5-8-12-21)16-15-23(19)28(3)26(33)27-24-20(2)29(4)31(25(24)32)22-13-9-6-10-14-22/h5-14,19-20,23-24H,15-18H2,1-4H3,(H,27,33). The Morgan fingerprint density at radius 3 is 2.33 bits per heavy atom. The Balaban J connectivity index is 1.36. The smallest absolute Gasteiger partial charge is 0.318 e. The molecule has 2 aromatic carbocycles. The molecule has 4 rings (SSSR count). The van der Waals surface area contributed by atoms with Gasteiger partial charge in [-0.15, -0.1) is 0 Å². The molecule has 33 heavy (non-hydrogen) atoms. The third-order valence-corrected chi connectivity index (χ3v) is 7.15. The largest absolute Gasteiger partial charge is 0.325 e. The van der Waals surface area contributed by atoms with E-state index in [1.807, 2.05) is 62.4 Å². The molecule has 0 saturated carbocycles. The van der Waals surface area contributed by atoms with Crippen LogP contribution in [0, 0.1) is 5.92 Å². The molecule has 1 N–H and O–H groups in total. The first kappa shape index (κ1) is 23.3. The van der Waals surface area contributed by atoms with Gasteiger partial charge in [-0.2, -0.15) is 0 Å². The second-order valence-corrected chi connectivity index (χ2v) is 9.39. The fraction of sp³-hybridized carbons (Fsp3) is 0.462. The molecule has 7 heteroatoms. The summed E-state index contributed by atoms with van der Waals surface area (Å²) in [6.07, 6.45) is 0.919. The van der Waals surface area contributed by atoms with E-state index >= 15 is 0 Å². The third-order valence-electron chi connectivity index (χ3n) is 7.15. The monoisotopic (exact) mass is 449 g/mol. The van der Waals surface area contributed by atoms with E-state index in [2.05, 4.69) is 41.4 Å². The summed E-state index contributed by atoms with van der Waals surface area (Å²) < 4.78 is 0. The molecule has 0 aromatic heterocycles. The second kappa shape index (κ2) is 9.93. The van der Waals surface area contributed by atoms with Gasteiger partial charge < -0.3 is 10.2 Å². The molecule has 4 unspecified atom stereocenters. The number of hydrogen-bond donors (Lipinski definition) is 1. The fourth-order valence-electron chi connectivity index (χ4n) is 5.12. The molecule has 176 valence electrons. The number of benzene rings is 2. The van der Waals surface area contributed by atoms with E-state index in [1.54, 1.807) is 9.91 Å². The van der Waals surface area contributed by atoms with Crippen molar-refractivity contribution in [1.82, 2.24) is 20.1 Å². The van der Waals surface area contributed by atoms with E-state index in [0.29, 0.717) is 5.92 Å². The van der Waals surface area contributed by atoms with Gasteiger partial charge in [-0.3, -0.25) is 9.69 Å². The molecule has 4 atom stereocenters. The van der Waals surface area contributed by atoms with Crippen molar-refractivity contribution in [3.8, 4) is 0 Å². The minimum atomic E-state index is -0.585. The normalized spacial score (nSPS) is 26.4. The Morgan fingerprint density at radius 2 is 1.70 bits per heavy atom. The number of hydrogen-bond acceptors (Lipinski definition) is 4. The van der Waals surface area contributed by atoms with E-state index in [4.69, 9.17) is 0 Å². The summed E-state index contributed by atoms with van der Waals surface area (Å²) in [6.45, 7) is 7.01. The van der Waals surface area contributed by atoms with Gasteiger partial charge in [0.05, 0.1) is 11.7 Å². The summed E-state index contributed by atoms with van der Waals surface area (Å²) in [7, 11) is 3.74. The maximum atomic E-state index is 13.2. The van der Waals surface area contributed by atoms with Gasteiger partial charge >= 0.3 is 6.03 Å². The minimum absolute atomic E-state index is 0.108. The molecule has 2 saturated heterocycles. The van der Waals surface area contributed by atoms with Crippen molar-refractivity contribution in [1.29, 1.82) is 0 Å². The summed E-state index contributed by atoms with van der Waals surface area (Å²) in [6, 6.07) is 19.3. The van der Waals surface area contributed by atoms with Crippen LogP contribution < -0.4 is 10.3 Å². The number of urea groups is 1. The Kier molecular flexibility index (Phi) is 7.00.